The first-order valence-corrected chi connectivity index (χ1v) is 7.39. The van der Waals surface area contributed by atoms with Gasteiger partial charge in [-0.05, 0) is 37.6 Å². The second-order valence-electron chi connectivity index (χ2n) is 5.31. The van der Waals surface area contributed by atoms with Crippen molar-refractivity contribution in [1.82, 2.24) is 9.78 Å². The zero-order chi connectivity index (χ0) is 16.2. The van der Waals surface area contributed by atoms with Gasteiger partial charge in [-0.1, -0.05) is 36.4 Å². The van der Waals surface area contributed by atoms with E-state index in [1.165, 1.54) is 0 Å². The van der Waals surface area contributed by atoms with Gasteiger partial charge in [-0.25, -0.2) is 9.48 Å². The van der Waals surface area contributed by atoms with Crippen molar-refractivity contribution in [2.75, 3.05) is 10.6 Å². The van der Waals surface area contributed by atoms with Gasteiger partial charge in [-0.15, -0.1) is 0 Å². The molecule has 0 spiro atoms. The molecule has 0 saturated heterocycles. The zero-order valence-corrected chi connectivity index (χ0v) is 13.1. The maximum atomic E-state index is 12.3. The molecule has 0 bridgehead atoms. The van der Waals surface area contributed by atoms with Crippen molar-refractivity contribution in [1.29, 1.82) is 0 Å². The van der Waals surface area contributed by atoms with Crippen molar-refractivity contribution in [3.05, 3.63) is 71.9 Å². The highest BCUT2D eigenvalue weighted by Gasteiger charge is 2.11. The van der Waals surface area contributed by atoms with E-state index in [9.17, 15) is 4.79 Å². The number of aromatic nitrogens is 2. The van der Waals surface area contributed by atoms with Crippen LogP contribution in [0.2, 0.25) is 0 Å². The molecule has 0 unspecified atom stereocenters. The lowest BCUT2D eigenvalue weighted by atomic mass is 10.2. The van der Waals surface area contributed by atoms with Crippen LogP contribution in [0.25, 0.3) is 5.69 Å². The molecular formula is C18H18N4O. The molecule has 116 valence electrons. The molecule has 0 radical (unpaired) electrons. The van der Waals surface area contributed by atoms with Crippen LogP contribution in [0.15, 0.2) is 60.7 Å². The summed E-state index contributed by atoms with van der Waals surface area (Å²) in [6.45, 7) is 3.85. The van der Waals surface area contributed by atoms with E-state index in [0.29, 0.717) is 5.82 Å². The fourth-order valence-corrected chi connectivity index (χ4v) is 2.34. The Kier molecular flexibility index (Phi) is 4.10. The molecule has 0 aliphatic heterocycles. The highest BCUT2D eigenvalue weighted by atomic mass is 16.2. The maximum Gasteiger partial charge on any atom is 0.324 e. The maximum absolute atomic E-state index is 12.3. The average molecular weight is 306 g/mol. The largest absolute Gasteiger partial charge is 0.324 e. The Morgan fingerprint density at radius 3 is 2.39 bits per heavy atom. The standard InChI is InChI=1S/C18H18N4O/c1-13-8-6-7-11-16(13)19-18(23)20-17-12-14(2)21-22(17)15-9-4-3-5-10-15/h3-12H,1-2H3,(H2,19,20,23). The second-order valence-corrected chi connectivity index (χ2v) is 5.31. The van der Waals surface area contributed by atoms with E-state index < -0.39 is 0 Å². The van der Waals surface area contributed by atoms with Gasteiger partial charge < -0.3 is 5.32 Å². The molecule has 0 aliphatic carbocycles. The number of urea groups is 1. The molecule has 0 atom stereocenters. The Bertz CT molecular complexity index is 824. The number of amides is 2. The number of carbonyl (C=O) groups excluding carboxylic acids is 1. The molecular weight excluding hydrogens is 288 g/mol. The molecule has 2 amide bonds. The monoisotopic (exact) mass is 306 g/mol. The quantitative estimate of drug-likeness (QED) is 0.764. The van der Waals surface area contributed by atoms with Crippen LogP contribution in [0.1, 0.15) is 11.3 Å². The molecule has 1 aromatic heterocycles. The van der Waals surface area contributed by atoms with Gasteiger partial charge in [0.25, 0.3) is 0 Å². The normalized spacial score (nSPS) is 10.3. The minimum atomic E-state index is -0.295. The van der Waals surface area contributed by atoms with Crippen molar-refractivity contribution in [3.63, 3.8) is 0 Å². The molecule has 23 heavy (non-hydrogen) atoms. The van der Waals surface area contributed by atoms with Crippen molar-refractivity contribution < 1.29 is 4.79 Å². The van der Waals surface area contributed by atoms with Gasteiger partial charge in [0, 0.05) is 11.8 Å². The second kappa shape index (κ2) is 6.36. The zero-order valence-electron chi connectivity index (χ0n) is 13.1. The van der Waals surface area contributed by atoms with Crippen LogP contribution in [-0.4, -0.2) is 15.8 Å². The number of nitrogens with zero attached hydrogens (tertiary/aromatic N) is 2. The lowest BCUT2D eigenvalue weighted by Crippen LogP contribution is -2.21. The fourth-order valence-electron chi connectivity index (χ4n) is 2.34. The summed E-state index contributed by atoms with van der Waals surface area (Å²) >= 11 is 0. The molecule has 5 heteroatoms. The third-order valence-corrected chi connectivity index (χ3v) is 3.47. The number of aryl methyl sites for hydroxylation is 2. The number of nitrogens with one attached hydrogen (secondary N) is 2. The van der Waals surface area contributed by atoms with Crippen molar-refractivity contribution in [3.8, 4) is 5.69 Å². The first-order chi connectivity index (χ1) is 11.1. The predicted octanol–water partition coefficient (Wildman–Crippen LogP) is 4.13. The van der Waals surface area contributed by atoms with Gasteiger partial charge in [0.05, 0.1) is 11.4 Å². The number of hydrogen-bond donors (Lipinski definition) is 2. The van der Waals surface area contributed by atoms with Crippen LogP contribution in [0.4, 0.5) is 16.3 Å². The Labute approximate surface area is 135 Å². The van der Waals surface area contributed by atoms with Crippen LogP contribution in [-0.2, 0) is 0 Å². The minimum absolute atomic E-state index is 0.295. The first-order valence-electron chi connectivity index (χ1n) is 7.39. The topological polar surface area (TPSA) is 59.0 Å². The van der Waals surface area contributed by atoms with Gasteiger partial charge in [-0.3, -0.25) is 5.32 Å². The van der Waals surface area contributed by atoms with Crippen molar-refractivity contribution >= 4 is 17.5 Å². The van der Waals surface area contributed by atoms with E-state index in [-0.39, 0.29) is 6.03 Å². The van der Waals surface area contributed by atoms with Crippen LogP contribution < -0.4 is 10.6 Å². The van der Waals surface area contributed by atoms with E-state index >= 15 is 0 Å². The van der Waals surface area contributed by atoms with E-state index in [2.05, 4.69) is 15.7 Å². The summed E-state index contributed by atoms with van der Waals surface area (Å²) in [5.41, 5.74) is 3.52. The summed E-state index contributed by atoms with van der Waals surface area (Å²) in [6.07, 6.45) is 0. The highest BCUT2D eigenvalue weighted by molar-refractivity contribution is 5.99. The summed E-state index contributed by atoms with van der Waals surface area (Å²) in [5.74, 6) is 0.625. The van der Waals surface area contributed by atoms with E-state index in [4.69, 9.17) is 0 Å². The third-order valence-electron chi connectivity index (χ3n) is 3.47. The predicted molar refractivity (Wildman–Crippen MR) is 92.1 cm³/mol. The smallest absolute Gasteiger partial charge is 0.307 e. The molecule has 3 rings (SSSR count). The molecule has 0 aliphatic rings. The average Bonchev–Trinajstić information content (AvgIpc) is 2.91. The van der Waals surface area contributed by atoms with Crippen LogP contribution in [0, 0.1) is 13.8 Å². The molecule has 2 aromatic carbocycles. The van der Waals surface area contributed by atoms with E-state index in [0.717, 1.165) is 22.6 Å². The number of para-hydroxylation sites is 2. The number of carbonyl (C=O) groups is 1. The molecule has 3 aromatic rings. The molecule has 5 nitrogen and oxygen atoms in total. The molecule has 1 heterocycles. The van der Waals surface area contributed by atoms with Crippen LogP contribution in [0.3, 0.4) is 0 Å². The number of hydrogen-bond acceptors (Lipinski definition) is 2. The van der Waals surface area contributed by atoms with E-state index in [1.807, 2.05) is 74.5 Å². The van der Waals surface area contributed by atoms with Gasteiger partial charge >= 0.3 is 6.03 Å². The molecule has 2 N–H and O–H groups in total. The Balaban J connectivity index is 1.81. The van der Waals surface area contributed by atoms with Gasteiger partial charge in [0.15, 0.2) is 0 Å². The third kappa shape index (κ3) is 3.40. The van der Waals surface area contributed by atoms with Gasteiger partial charge in [-0.2, -0.15) is 5.10 Å². The van der Waals surface area contributed by atoms with Gasteiger partial charge in [0.2, 0.25) is 0 Å². The lowest BCUT2D eigenvalue weighted by molar-refractivity contribution is 0.262. The van der Waals surface area contributed by atoms with Crippen LogP contribution >= 0.6 is 0 Å². The number of benzene rings is 2. The SMILES string of the molecule is Cc1cc(NC(=O)Nc2ccccc2C)n(-c2ccccc2)n1. The lowest BCUT2D eigenvalue weighted by Gasteiger charge is -2.11. The van der Waals surface area contributed by atoms with Crippen molar-refractivity contribution in [2.24, 2.45) is 0 Å². The summed E-state index contributed by atoms with van der Waals surface area (Å²) in [4.78, 5) is 12.3. The Hall–Kier alpha value is -3.08. The summed E-state index contributed by atoms with van der Waals surface area (Å²) in [5, 5.41) is 10.1. The van der Waals surface area contributed by atoms with Crippen LogP contribution in [0.5, 0.6) is 0 Å². The minimum Gasteiger partial charge on any atom is -0.307 e. The number of rotatable bonds is 3. The van der Waals surface area contributed by atoms with E-state index in [1.54, 1.807) is 4.68 Å². The van der Waals surface area contributed by atoms with Crippen molar-refractivity contribution in [2.45, 2.75) is 13.8 Å². The Morgan fingerprint density at radius 2 is 1.65 bits per heavy atom. The number of anilines is 2. The summed E-state index contributed by atoms with van der Waals surface area (Å²) < 4.78 is 1.72. The molecule has 0 saturated carbocycles. The van der Waals surface area contributed by atoms with Gasteiger partial charge in [0.1, 0.15) is 5.82 Å². The fraction of sp³-hybridized carbons (Fsp3) is 0.111. The summed E-state index contributed by atoms with van der Waals surface area (Å²) in [7, 11) is 0. The first kappa shape index (κ1) is 14.8. The Morgan fingerprint density at radius 1 is 0.957 bits per heavy atom. The molecule has 0 fully saturated rings. The highest BCUT2D eigenvalue weighted by Crippen LogP contribution is 2.18. The summed E-state index contributed by atoms with van der Waals surface area (Å²) in [6, 6.07) is 18.9.